The number of likely N-dealkylation sites (tertiary alicyclic amines) is 1. The summed E-state index contributed by atoms with van der Waals surface area (Å²) >= 11 is 5.67. The second-order valence-corrected chi connectivity index (χ2v) is 4.62. The van der Waals surface area contributed by atoms with Gasteiger partial charge in [-0.05, 0) is 31.5 Å². The second-order valence-electron chi connectivity index (χ2n) is 4.23. The van der Waals surface area contributed by atoms with E-state index in [0.29, 0.717) is 11.7 Å². The number of amides is 1. The number of carbonyl (C=O) groups excluding carboxylic acids is 1. The molecule has 1 unspecified atom stereocenters. The Morgan fingerprint density at radius 2 is 2.29 bits per heavy atom. The van der Waals surface area contributed by atoms with Crippen LogP contribution in [-0.2, 0) is 11.3 Å². The molecule has 1 aliphatic rings. The van der Waals surface area contributed by atoms with Crippen LogP contribution in [0.4, 0.5) is 0 Å². The maximum absolute atomic E-state index is 11.3. The van der Waals surface area contributed by atoms with Crippen molar-refractivity contribution in [2.24, 2.45) is 5.73 Å². The first-order chi connectivity index (χ1) is 8.16. The highest BCUT2D eigenvalue weighted by atomic mass is 35.5. The number of rotatable bonds is 3. The number of primary amides is 1. The molecule has 0 aliphatic carbocycles. The lowest BCUT2D eigenvalue weighted by Gasteiger charge is -2.33. The Bertz CT molecular complexity index is 395. The zero-order chi connectivity index (χ0) is 12.3. The first kappa shape index (κ1) is 12.3. The molecule has 5 nitrogen and oxygen atoms in total. The molecule has 92 valence electrons. The molecule has 1 atom stereocenters. The van der Waals surface area contributed by atoms with Gasteiger partial charge in [0.05, 0.1) is 11.7 Å². The molecule has 2 N–H and O–H groups in total. The number of aromatic nitrogens is 2. The predicted molar refractivity (Wildman–Crippen MR) is 64.3 cm³/mol. The van der Waals surface area contributed by atoms with Crippen LogP contribution >= 0.6 is 11.6 Å². The molecule has 1 saturated heterocycles. The summed E-state index contributed by atoms with van der Waals surface area (Å²) in [6.45, 7) is 1.47. The van der Waals surface area contributed by atoms with Crippen molar-refractivity contribution in [1.82, 2.24) is 15.1 Å². The summed E-state index contributed by atoms with van der Waals surface area (Å²) in [5, 5.41) is 8.15. The minimum Gasteiger partial charge on any atom is -0.368 e. The van der Waals surface area contributed by atoms with Crippen LogP contribution in [0, 0.1) is 0 Å². The van der Waals surface area contributed by atoms with Crippen molar-refractivity contribution in [3.8, 4) is 0 Å². The van der Waals surface area contributed by atoms with Gasteiger partial charge in [0.15, 0.2) is 5.15 Å². The zero-order valence-corrected chi connectivity index (χ0v) is 10.2. The van der Waals surface area contributed by atoms with E-state index in [9.17, 15) is 4.79 Å². The van der Waals surface area contributed by atoms with Crippen LogP contribution in [0.1, 0.15) is 25.0 Å². The Hall–Kier alpha value is -1.20. The van der Waals surface area contributed by atoms with Crippen molar-refractivity contribution in [2.75, 3.05) is 6.54 Å². The van der Waals surface area contributed by atoms with Crippen LogP contribution in [0.5, 0.6) is 0 Å². The summed E-state index contributed by atoms with van der Waals surface area (Å²) in [7, 11) is 0. The Kier molecular flexibility index (Phi) is 3.91. The number of nitrogens with two attached hydrogens (primary N) is 1. The van der Waals surface area contributed by atoms with E-state index >= 15 is 0 Å². The van der Waals surface area contributed by atoms with Crippen molar-refractivity contribution < 1.29 is 4.79 Å². The molecule has 0 radical (unpaired) electrons. The molecule has 0 aromatic carbocycles. The van der Waals surface area contributed by atoms with E-state index in [1.165, 1.54) is 0 Å². The minimum atomic E-state index is -0.258. The van der Waals surface area contributed by atoms with Gasteiger partial charge in [-0.25, -0.2) is 0 Å². The normalized spacial score (nSPS) is 21.4. The van der Waals surface area contributed by atoms with E-state index in [1.54, 1.807) is 6.07 Å². The summed E-state index contributed by atoms with van der Waals surface area (Å²) in [5.41, 5.74) is 6.21. The molecule has 1 aromatic heterocycles. The van der Waals surface area contributed by atoms with Crippen molar-refractivity contribution in [2.45, 2.75) is 31.8 Å². The number of hydrogen-bond donors (Lipinski definition) is 1. The minimum absolute atomic E-state index is 0.179. The fourth-order valence-electron chi connectivity index (χ4n) is 2.14. The molecule has 0 spiro atoms. The topological polar surface area (TPSA) is 72.1 Å². The molecule has 2 heterocycles. The third-order valence-corrected chi connectivity index (χ3v) is 3.20. The standard InChI is InChI=1S/C11H15ClN4O/c12-10-5-4-8(14-15-10)7-16-6-2-1-3-9(16)11(13)17/h4-5,9H,1-3,6-7H2,(H2,13,17). The van der Waals surface area contributed by atoms with Crippen LogP contribution in [-0.4, -0.2) is 33.6 Å². The van der Waals surface area contributed by atoms with Gasteiger partial charge in [-0.1, -0.05) is 18.0 Å². The van der Waals surface area contributed by atoms with E-state index in [2.05, 4.69) is 15.1 Å². The molecule has 1 fully saturated rings. The van der Waals surface area contributed by atoms with Gasteiger partial charge >= 0.3 is 0 Å². The Balaban J connectivity index is 2.05. The van der Waals surface area contributed by atoms with Crippen molar-refractivity contribution in [3.63, 3.8) is 0 Å². The lowest BCUT2D eigenvalue weighted by Crippen LogP contribution is -2.47. The first-order valence-electron chi connectivity index (χ1n) is 5.68. The van der Waals surface area contributed by atoms with Gasteiger partial charge in [0.1, 0.15) is 0 Å². The fourth-order valence-corrected chi connectivity index (χ4v) is 2.24. The lowest BCUT2D eigenvalue weighted by atomic mass is 10.0. The largest absolute Gasteiger partial charge is 0.368 e. The van der Waals surface area contributed by atoms with Gasteiger partial charge in [-0.3, -0.25) is 9.69 Å². The highest BCUT2D eigenvalue weighted by molar-refractivity contribution is 6.29. The van der Waals surface area contributed by atoms with E-state index in [4.69, 9.17) is 17.3 Å². The molecule has 0 bridgehead atoms. The average molecular weight is 255 g/mol. The maximum atomic E-state index is 11.3. The second kappa shape index (κ2) is 5.42. The van der Waals surface area contributed by atoms with Crippen LogP contribution in [0.25, 0.3) is 0 Å². The molecule has 0 saturated carbocycles. The van der Waals surface area contributed by atoms with E-state index in [1.807, 2.05) is 6.07 Å². The summed E-state index contributed by atoms with van der Waals surface area (Å²) in [5.74, 6) is -0.258. The highest BCUT2D eigenvalue weighted by Crippen LogP contribution is 2.18. The molecular formula is C11H15ClN4O. The molecule has 6 heteroatoms. The number of carbonyl (C=O) groups is 1. The van der Waals surface area contributed by atoms with Gasteiger partial charge in [0.25, 0.3) is 0 Å². The molecule has 1 aliphatic heterocycles. The first-order valence-corrected chi connectivity index (χ1v) is 6.06. The molecule has 1 amide bonds. The molecular weight excluding hydrogens is 240 g/mol. The number of piperidine rings is 1. The Labute approximate surface area is 105 Å². The van der Waals surface area contributed by atoms with E-state index in [-0.39, 0.29) is 11.9 Å². The maximum Gasteiger partial charge on any atom is 0.234 e. The Morgan fingerprint density at radius 3 is 2.94 bits per heavy atom. The van der Waals surface area contributed by atoms with Gasteiger partial charge in [-0.15, -0.1) is 5.10 Å². The predicted octanol–water partition coefficient (Wildman–Crippen LogP) is 0.970. The molecule has 1 aromatic rings. The van der Waals surface area contributed by atoms with Gasteiger partial charge in [0.2, 0.25) is 5.91 Å². The molecule has 2 rings (SSSR count). The van der Waals surface area contributed by atoms with Gasteiger partial charge in [0, 0.05) is 6.54 Å². The van der Waals surface area contributed by atoms with Crippen LogP contribution in [0.3, 0.4) is 0 Å². The van der Waals surface area contributed by atoms with Gasteiger partial charge < -0.3 is 5.73 Å². The number of nitrogens with zero attached hydrogens (tertiary/aromatic N) is 3. The van der Waals surface area contributed by atoms with Crippen molar-refractivity contribution in [1.29, 1.82) is 0 Å². The van der Waals surface area contributed by atoms with Crippen LogP contribution in [0.15, 0.2) is 12.1 Å². The third-order valence-electron chi connectivity index (χ3n) is 2.99. The van der Waals surface area contributed by atoms with Crippen LogP contribution in [0.2, 0.25) is 5.15 Å². The number of hydrogen-bond acceptors (Lipinski definition) is 4. The summed E-state index contributed by atoms with van der Waals surface area (Å²) in [6, 6.07) is 3.34. The Morgan fingerprint density at radius 1 is 1.47 bits per heavy atom. The zero-order valence-electron chi connectivity index (χ0n) is 9.47. The van der Waals surface area contributed by atoms with Crippen molar-refractivity contribution >= 4 is 17.5 Å². The smallest absolute Gasteiger partial charge is 0.234 e. The van der Waals surface area contributed by atoms with Crippen molar-refractivity contribution in [3.05, 3.63) is 23.0 Å². The van der Waals surface area contributed by atoms with E-state index < -0.39 is 0 Å². The number of halogens is 1. The summed E-state index contributed by atoms with van der Waals surface area (Å²) < 4.78 is 0. The SMILES string of the molecule is NC(=O)C1CCCCN1Cc1ccc(Cl)nn1. The van der Waals surface area contributed by atoms with Crippen LogP contribution < -0.4 is 5.73 Å². The summed E-state index contributed by atoms with van der Waals surface area (Å²) in [6.07, 6.45) is 2.97. The van der Waals surface area contributed by atoms with E-state index in [0.717, 1.165) is 31.5 Å². The highest BCUT2D eigenvalue weighted by Gasteiger charge is 2.26. The monoisotopic (exact) mass is 254 g/mol. The lowest BCUT2D eigenvalue weighted by molar-refractivity contribution is -0.124. The average Bonchev–Trinajstić information content (AvgIpc) is 2.32. The summed E-state index contributed by atoms with van der Waals surface area (Å²) in [4.78, 5) is 13.4. The molecule has 17 heavy (non-hydrogen) atoms. The van der Waals surface area contributed by atoms with Gasteiger partial charge in [-0.2, -0.15) is 5.10 Å². The third kappa shape index (κ3) is 3.14. The fraction of sp³-hybridized carbons (Fsp3) is 0.545. The quantitative estimate of drug-likeness (QED) is 0.873.